The van der Waals surface area contributed by atoms with Crippen molar-refractivity contribution in [1.29, 1.82) is 0 Å². The number of aromatic nitrogens is 2. The number of alkyl halides is 3. The molecule has 0 fully saturated rings. The second kappa shape index (κ2) is 4.87. The maximum absolute atomic E-state index is 13.2. The van der Waals surface area contributed by atoms with E-state index in [1.165, 1.54) is 6.08 Å². The van der Waals surface area contributed by atoms with Crippen molar-refractivity contribution < 1.29 is 13.2 Å². The Kier molecular flexibility index (Phi) is 2.94. The summed E-state index contributed by atoms with van der Waals surface area (Å²) in [5.41, 5.74) is 1.45. The number of halogens is 3. The molecule has 2 heterocycles. The fourth-order valence-corrected chi connectivity index (χ4v) is 2.87. The molecule has 23 heavy (non-hydrogen) atoms. The summed E-state index contributed by atoms with van der Waals surface area (Å²) >= 11 is 0. The molecule has 1 unspecified atom stereocenters. The topological polar surface area (TPSA) is 29.9 Å². The van der Waals surface area contributed by atoms with Gasteiger partial charge in [0.2, 0.25) is 5.95 Å². The van der Waals surface area contributed by atoms with Gasteiger partial charge in [-0.1, -0.05) is 42.5 Å². The molecule has 0 saturated heterocycles. The maximum Gasteiger partial charge on any atom is 0.431 e. The van der Waals surface area contributed by atoms with Crippen LogP contribution in [0.4, 0.5) is 19.1 Å². The Morgan fingerprint density at radius 1 is 0.957 bits per heavy atom. The zero-order valence-corrected chi connectivity index (χ0v) is 11.9. The first-order valence-electron chi connectivity index (χ1n) is 7.12. The molecule has 0 radical (unpaired) electrons. The van der Waals surface area contributed by atoms with Crippen LogP contribution in [-0.4, -0.2) is 15.7 Å². The summed E-state index contributed by atoms with van der Waals surface area (Å²) in [7, 11) is 0. The molecule has 1 aliphatic rings. The number of fused-ring (bicyclic) bond motifs is 3. The summed E-state index contributed by atoms with van der Waals surface area (Å²) < 4.78 is 41.4. The van der Waals surface area contributed by atoms with Crippen molar-refractivity contribution in [2.45, 2.75) is 12.2 Å². The van der Waals surface area contributed by atoms with Gasteiger partial charge < -0.3 is 5.32 Å². The normalized spacial score (nSPS) is 17.5. The Morgan fingerprint density at radius 2 is 1.65 bits per heavy atom. The average Bonchev–Trinajstić information content (AvgIpc) is 2.92. The minimum Gasteiger partial charge on any atom is -0.322 e. The Labute approximate surface area is 130 Å². The van der Waals surface area contributed by atoms with Crippen LogP contribution < -0.4 is 5.32 Å². The molecule has 1 N–H and O–H groups in total. The third-order valence-electron chi connectivity index (χ3n) is 3.89. The van der Waals surface area contributed by atoms with Gasteiger partial charge in [0.15, 0.2) is 0 Å². The van der Waals surface area contributed by atoms with E-state index in [4.69, 9.17) is 0 Å². The van der Waals surface area contributed by atoms with E-state index in [9.17, 15) is 13.2 Å². The lowest BCUT2D eigenvalue weighted by Crippen LogP contribution is -2.27. The maximum atomic E-state index is 13.2. The molecular weight excluding hydrogens is 303 g/mol. The number of hydrogen-bond donors (Lipinski definition) is 1. The fourth-order valence-electron chi connectivity index (χ4n) is 2.87. The van der Waals surface area contributed by atoms with Crippen LogP contribution >= 0.6 is 0 Å². The summed E-state index contributed by atoms with van der Waals surface area (Å²) in [6, 6.07) is 15.9. The van der Waals surface area contributed by atoms with Gasteiger partial charge >= 0.3 is 6.18 Å². The van der Waals surface area contributed by atoms with Gasteiger partial charge in [-0.2, -0.15) is 13.2 Å². The van der Waals surface area contributed by atoms with Crippen molar-refractivity contribution in [1.82, 2.24) is 9.55 Å². The standard InChI is InChI=1S/C17H12F3N3/c18-17(19,20)15-10-14(11-6-2-1-3-7-11)23-13-9-5-4-8-12(13)21-16(23)22-15/h1-10,14H,(H,21,22). The van der Waals surface area contributed by atoms with E-state index in [2.05, 4.69) is 10.3 Å². The Morgan fingerprint density at radius 3 is 2.39 bits per heavy atom. The summed E-state index contributed by atoms with van der Waals surface area (Å²) in [6.45, 7) is 0. The first-order valence-corrected chi connectivity index (χ1v) is 7.12. The molecule has 4 rings (SSSR count). The van der Waals surface area contributed by atoms with Crippen LogP contribution in [0.25, 0.3) is 11.0 Å². The number of imidazole rings is 1. The van der Waals surface area contributed by atoms with Crippen LogP contribution in [0.2, 0.25) is 0 Å². The minimum atomic E-state index is -4.45. The molecule has 0 amide bonds. The predicted octanol–water partition coefficient (Wildman–Crippen LogP) is 4.50. The molecule has 1 atom stereocenters. The first-order chi connectivity index (χ1) is 11.0. The fraction of sp³-hybridized carbons (Fsp3) is 0.118. The summed E-state index contributed by atoms with van der Waals surface area (Å²) in [6.07, 6.45) is -3.24. The van der Waals surface area contributed by atoms with Crippen LogP contribution in [0, 0.1) is 0 Å². The van der Waals surface area contributed by atoms with Crippen LogP contribution in [0.5, 0.6) is 0 Å². The summed E-state index contributed by atoms with van der Waals surface area (Å²) in [5.74, 6) is 0.204. The molecule has 0 aliphatic carbocycles. The summed E-state index contributed by atoms with van der Waals surface area (Å²) in [4.78, 5) is 4.30. The van der Waals surface area contributed by atoms with Crippen molar-refractivity contribution in [3.8, 4) is 0 Å². The van der Waals surface area contributed by atoms with Gasteiger partial charge in [0.1, 0.15) is 5.70 Å². The molecule has 6 heteroatoms. The van der Waals surface area contributed by atoms with Gasteiger partial charge in [0.25, 0.3) is 0 Å². The Balaban J connectivity index is 1.96. The number of para-hydroxylation sites is 2. The number of nitrogens with zero attached hydrogens (tertiary/aromatic N) is 2. The highest BCUT2D eigenvalue weighted by molar-refractivity contribution is 5.80. The molecule has 116 valence electrons. The zero-order valence-electron chi connectivity index (χ0n) is 11.9. The molecule has 0 spiro atoms. The largest absolute Gasteiger partial charge is 0.431 e. The van der Waals surface area contributed by atoms with Crippen molar-refractivity contribution in [3.05, 3.63) is 71.9 Å². The van der Waals surface area contributed by atoms with Gasteiger partial charge in [0.05, 0.1) is 17.1 Å². The predicted molar refractivity (Wildman–Crippen MR) is 82.1 cm³/mol. The summed E-state index contributed by atoms with van der Waals surface area (Å²) in [5, 5.41) is 2.41. The van der Waals surface area contributed by atoms with Crippen molar-refractivity contribution in [2.24, 2.45) is 0 Å². The molecular formula is C17H12F3N3. The zero-order chi connectivity index (χ0) is 16.0. The third kappa shape index (κ3) is 2.27. The lowest BCUT2D eigenvalue weighted by Gasteiger charge is -2.27. The molecule has 2 aromatic carbocycles. The highest BCUT2D eigenvalue weighted by Gasteiger charge is 2.38. The lowest BCUT2D eigenvalue weighted by molar-refractivity contribution is -0.0910. The smallest absolute Gasteiger partial charge is 0.322 e. The van der Waals surface area contributed by atoms with E-state index in [0.29, 0.717) is 5.52 Å². The second-order valence-corrected chi connectivity index (χ2v) is 5.35. The van der Waals surface area contributed by atoms with Crippen LogP contribution in [0.1, 0.15) is 11.6 Å². The van der Waals surface area contributed by atoms with Crippen molar-refractivity contribution in [3.63, 3.8) is 0 Å². The van der Waals surface area contributed by atoms with E-state index < -0.39 is 17.9 Å². The molecule has 1 aromatic heterocycles. The molecule has 3 nitrogen and oxygen atoms in total. The van der Waals surface area contributed by atoms with Crippen molar-refractivity contribution >= 4 is 17.0 Å². The average molecular weight is 315 g/mol. The Hall–Kier alpha value is -2.76. The molecule has 1 aliphatic heterocycles. The molecule has 0 bridgehead atoms. The minimum absolute atomic E-state index is 0.204. The number of hydrogen-bond acceptors (Lipinski definition) is 2. The second-order valence-electron chi connectivity index (χ2n) is 5.35. The first kappa shape index (κ1) is 13.9. The molecule has 3 aromatic rings. The van der Waals surface area contributed by atoms with Crippen molar-refractivity contribution in [2.75, 3.05) is 5.32 Å². The van der Waals surface area contributed by atoms with E-state index in [-0.39, 0.29) is 5.95 Å². The quantitative estimate of drug-likeness (QED) is 0.716. The van der Waals surface area contributed by atoms with Gasteiger partial charge in [-0.25, -0.2) is 4.98 Å². The van der Waals surface area contributed by atoms with E-state index in [0.717, 1.165) is 11.1 Å². The van der Waals surface area contributed by atoms with Gasteiger partial charge in [-0.3, -0.25) is 4.57 Å². The van der Waals surface area contributed by atoms with E-state index in [1.807, 2.05) is 48.5 Å². The van der Waals surface area contributed by atoms with Gasteiger partial charge in [0, 0.05) is 0 Å². The van der Waals surface area contributed by atoms with E-state index >= 15 is 0 Å². The number of anilines is 1. The highest BCUT2D eigenvalue weighted by Crippen LogP contribution is 2.38. The van der Waals surface area contributed by atoms with Crippen LogP contribution in [-0.2, 0) is 0 Å². The SMILES string of the molecule is FC(F)(F)C1=CC(c2ccccc2)n2c(nc3ccccc32)N1. The molecule has 0 saturated carbocycles. The van der Waals surface area contributed by atoms with Crippen LogP contribution in [0.3, 0.4) is 0 Å². The number of rotatable bonds is 1. The lowest BCUT2D eigenvalue weighted by atomic mass is 10.0. The van der Waals surface area contributed by atoms with E-state index in [1.54, 1.807) is 10.6 Å². The monoisotopic (exact) mass is 315 g/mol. The van der Waals surface area contributed by atoms with Gasteiger partial charge in [-0.05, 0) is 23.8 Å². The van der Waals surface area contributed by atoms with Crippen LogP contribution in [0.15, 0.2) is 66.4 Å². The Bertz CT molecular complexity index is 894. The highest BCUT2D eigenvalue weighted by atomic mass is 19.4. The number of allylic oxidation sites excluding steroid dienone is 2. The number of benzene rings is 2. The third-order valence-corrected chi connectivity index (χ3v) is 3.89. The van der Waals surface area contributed by atoms with Gasteiger partial charge in [-0.15, -0.1) is 0 Å². The number of nitrogens with one attached hydrogen (secondary N) is 1.